The molecule has 24 heavy (non-hydrogen) atoms. The molecule has 2 unspecified atom stereocenters. The van der Waals surface area contributed by atoms with Crippen molar-refractivity contribution in [3.05, 3.63) is 35.4 Å². The molecule has 6 nitrogen and oxygen atoms in total. The van der Waals surface area contributed by atoms with E-state index in [4.69, 9.17) is 14.2 Å². The number of morpholine rings is 1. The summed E-state index contributed by atoms with van der Waals surface area (Å²) in [6.07, 6.45) is 0.585. The molecule has 0 N–H and O–H groups in total. The summed E-state index contributed by atoms with van der Waals surface area (Å²) in [6.45, 7) is 6.57. The molecule has 130 valence electrons. The van der Waals surface area contributed by atoms with Crippen molar-refractivity contribution in [1.82, 2.24) is 4.90 Å². The van der Waals surface area contributed by atoms with Crippen LogP contribution in [0.4, 0.5) is 4.79 Å². The van der Waals surface area contributed by atoms with Crippen LogP contribution in [0.25, 0.3) is 0 Å². The third-order valence-corrected chi connectivity index (χ3v) is 4.30. The third kappa shape index (κ3) is 3.11. The van der Waals surface area contributed by atoms with Gasteiger partial charge in [0, 0.05) is 6.42 Å². The van der Waals surface area contributed by atoms with Crippen molar-refractivity contribution in [1.29, 1.82) is 0 Å². The van der Waals surface area contributed by atoms with E-state index in [2.05, 4.69) is 0 Å². The summed E-state index contributed by atoms with van der Waals surface area (Å²) in [5.74, 6) is -0.370. The predicted molar refractivity (Wildman–Crippen MR) is 86.8 cm³/mol. The summed E-state index contributed by atoms with van der Waals surface area (Å²) in [6, 6.07) is 7.17. The van der Waals surface area contributed by atoms with Crippen LogP contribution in [0.1, 0.15) is 43.1 Å². The van der Waals surface area contributed by atoms with Crippen molar-refractivity contribution in [2.45, 2.75) is 44.5 Å². The van der Waals surface area contributed by atoms with Crippen LogP contribution < -0.4 is 0 Å². The van der Waals surface area contributed by atoms with Crippen LogP contribution in [-0.4, -0.2) is 48.9 Å². The smallest absolute Gasteiger partial charge is 0.410 e. The van der Waals surface area contributed by atoms with E-state index >= 15 is 0 Å². The number of piperidine rings is 1. The first-order chi connectivity index (χ1) is 11.2. The van der Waals surface area contributed by atoms with Gasteiger partial charge in [0.05, 0.1) is 31.9 Å². The van der Waals surface area contributed by atoms with E-state index in [-0.39, 0.29) is 18.2 Å². The van der Waals surface area contributed by atoms with Gasteiger partial charge < -0.3 is 19.1 Å². The molecule has 4 rings (SSSR count). The minimum atomic E-state index is -0.519. The Hall–Kier alpha value is -2.08. The molecule has 0 saturated carbocycles. The number of nitrogens with zero attached hydrogens (tertiary/aromatic N) is 1. The molecule has 0 aliphatic carbocycles. The van der Waals surface area contributed by atoms with Gasteiger partial charge in [-0.15, -0.1) is 0 Å². The van der Waals surface area contributed by atoms with Gasteiger partial charge in [0.2, 0.25) is 0 Å². The lowest BCUT2D eigenvalue weighted by Crippen LogP contribution is -2.65. The van der Waals surface area contributed by atoms with Gasteiger partial charge in [-0.05, 0) is 38.5 Å². The fourth-order valence-corrected chi connectivity index (χ4v) is 3.27. The van der Waals surface area contributed by atoms with Crippen LogP contribution >= 0.6 is 0 Å². The Kier molecular flexibility index (Phi) is 4.03. The number of carbonyl (C=O) groups is 2. The molecular formula is C18H23NO5. The second kappa shape index (κ2) is 5.77. The van der Waals surface area contributed by atoms with Crippen molar-refractivity contribution in [3.8, 4) is 0 Å². The summed E-state index contributed by atoms with van der Waals surface area (Å²) in [7, 11) is 1.36. The highest BCUT2D eigenvalue weighted by Crippen LogP contribution is 2.46. The van der Waals surface area contributed by atoms with Crippen LogP contribution in [-0.2, 0) is 19.8 Å². The van der Waals surface area contributed by atoms with E-state index in [1.165, 1.54) is 7.11 Å². The SMILES string of the molecule is COC(=O)c1ccc(C23CC(CN(C(=O)OC(C)(C)C)C2)O3)cc1. The van der Waals surface area contributed by atoms with Crippen LogP contribution in [0.3, 0.4) is 0 Å². The third-order valence-electron chi connectivity index (χ3n) is 4.30. The van der Waals surface area contributed by atoms with E-state index in [0.717, 1.165) is 12.0 Å². The number of hydrogen-bond acceptors (Lipinski definition) is 5. The molecule has 1 aromatic rings. The van der Waals surface area contributed by atoms with Crippen molar-refractivity contribution in [3.63, 3.8) is 0 Å². The number of esters is 1. The van der Waals surface area contributed by atoms with Crippen LogP contribution in [0.2, 0.25) is 0 Å². The zero-order valence-corrected chi connectivity index (χ0v) is 14.5. The number of amides is 1. The molecule has 0 aromatic heterocycles. The maximum absolute atomic E-state index is 12.3. The largest absolute Gasteiger partial charge is 0.465 e. The standard InChI is InChI=1S/C18H23NO5/c1-17(2,3)24-16(21)19-10-14-9-18(11-19,23-14)13-7-5-12(6-8-13)15(20)22-4/h5-8,14H,9-11H2,1-4H3. The zero-order chi connectivity index (χ0) is 17.5. The highest BCUT2D eigenvalue weighted by atomic mass is 16.6. The summed E-state index contributed by atoms with van der Waals surface area (Å²) in [4.78, 5) is 25.6. The van der Waals surface area contributed by atoms with Crippen LogP contribution in [0.5, 0.6) is 0 Å². The van der Waals surface area contributed by atoms with E-state index in [0.29, 0.717) is 18.7 Å². The molecule has 3 fully saturated rings. The molecule has 3 saturated heterocycles. The fourth-order valence-electron chi connectivity index (χ4n) is 3.27. The number of rotatable bonds is 2. The highest BCUT2D eigenvalue weighted by Gasteiger charge is 2.54. The molecule has 3 heterocycles. The lowest BCUT2D eigenvalue weighted by atomic mass is 9.78. The summed E-state index contributed by atoms with van der Waals surface area (Å²) in [5.41, 5.74) is 0.427. The second-order valence-electron chi connectivity index (χ2n) is 7.37. The Bertz CT molecular complexity index is 640. The summed E-state index contributed by atoms with van der Waals surface area (Å²) < 4.78 is 16.2. The molecule has 0 spiro atoms. The first kappa shape index (κ1) is 16.8. The van der Waals surface area contributed by atoms with Crippen molar-refractivity contribution in [2.75, 3.05) is 20.2 Å². The van der Waals surface area contributed by atoms with Gasteiger partial charge in [-0.25, -0.2) is 9.59 Å². The molecule has 0 radical (unpaired) electrons. The van der Waals surface area contributed by atoms with Crippen LogP contribution in [0.15, 0.2) is 24.3 Å². The predicted octanol–water partition coefficient (Wildman–Crippen LogP) is 2.71. The molecule has 3 aliphatic heterocycles. The number of hydrogen-bond donors (Lipinski definition) is 0. The van der Waals surface area contributed by atoms with Crippen molar-refractivity contribution in [2.24, 2.45) is 0 Å². The molecule has 1 aromatic carbocycles. The average Bonchev–Trinajstić information content (AvgIpc) is 2.52. The first-order valence-corrected chi connectivity index (χ1v) is 8.07. The Morgan fingerprint density at radius 2 is 1.88 bits per heavy atom. The van der Waals surface area contributed by atoms with E-state index in [1.54, 1.807) is 17.0 Å². The minimum absolute atomic E-state index is 0.0338. The molecule has 2 atom stereocenters. The Morgan fingerprint density at radius 3 is 2.42 bits per heavy atom. The quantitative estimate of drug-likeness (QED) is 0.779. The van der Waals surface area contributed by atoms with Gasteiger partial charge in [-0.1, -0.05) is 12.1 Å². The van der Waals surface area contributed by atoms with Gasteiger partial charge in [0.25, 0.3) is 0 Å². The van der Waals surface area contributed by atoms with Gasteiger partial charge in [0.1, 0.15) is 11.2 Å². The Morgan fingerprint density at radius 1 is 1.25 bits per heavy atom. The number of benzene rings is 1. The number of ether oxygens (including phenoxy) is 3. The van der Waals surface area contributed by atoms with Gasteiger partial charge in [0.15, 0.2) is 0 Å². The second-order valence-corrected chi connectivity index (χ2v) is 7.37. The Balaban J connectivity index is 1.74. The molecule has 3 aliphatic rings. The number of fused-ring (bicyclic) bond motifs is 2. The van der Waals surface area contributed by atoms with Gasteiger partial charge in [-0.3, -0.25) is 0 Å². The highest BCUT2D eigenvalue weighted by molar-refractivity contribution is 5.89. The first-order valence-electron chi connectivity index (χ1n) is 8.07. The fraction of sp³-hybridized carbons (Fsp3) is 0.556. The lowest BCUT2D eigenvalue weighted by Gasteiger charge is -2.56. The van der Waals surface area contributed by atoms with E-state index in [9.17, 15) is 9.59 Å². The maximum Gasteiger partial charge on any atom is 0.410 e. The normalized spacial score (nSPS) is 25.7. The summed E-state index contributed by atoms with van der Waals surface area (Å²) in [5, 5.41) is 0. The molecule has 1 amide bonds. The minimum Gasteiger partial charge on any atom is -0.465 e. The number of methoxy groups -OCH3 is 1. The van der Waals surface area contributed by atoms with Gasteiger partial charge in [-0.2, -0.15) is 0 Å². The van der Waals surface area contributed by atoms with Crippen molar-refractivity contribution >= 4 is 12.1 Å². The molecule has 2 bridgehead atoms. The maximum atomic E-state index is 12.3. The zero-order valence-electron chi connectivity index (χ0n) is 14.5. The summed E-state index contributed by atoms with van der Waals surface area (Å²) >= 11 is 0. The topological polar surface area (TPSA) is 65.1 Å². The Labute approximate surface area is 141 Å². The monoisotopic (exact) mass is 333 g/mol. The molecular weight excluding hydrogens is 310 g/mol. The van der Waals surface area contributed by atoms with Crippen LogP contribution in [0, 0.1) is 0 Å². The van der Waals surface area contributed by atoms with E-state index < -0.39 is 11.2 Å². The average molecular weight is 333 g/mol. The lowest BCUT2D eigenvalue weighted by molar-refractivity contribution is -0.256. The molecule has 6 heteroatoms. The van der Waals surface area contributed by atoms with E-state index in [1.807, 2.05) is 32.9 Å². The van der Waals surface area contributed by atoms with Crippen molar-refractivity contribution < 1.29 is 23.8 Å². The number of carbonyl (C=O) groups excluding carboxylic acids is 2. The van der Waals surface area contributed by atoms with Gasteiger partial charge >= 0.3 is 12.1 Å².